The molecule has 0 saturated carbocycles. The number of carbonyl (C=O) groups is 3. The second kappa shape index (κ2) is 9.63. The van der Waals surface area contributed by atoms with E-state index in [1.165, 1.54) is 0 Å². The van der Waals surface area contributed by atoms with E-state index in [1.54, 1.807) is 29.2 Å². The van der Waals surface area contributed by atoms with Crippen LogP contribution in [-0.2, 0) is 9.59 Å². The lowest BCUT2D eigenvalue weighted by Gasteiger charge is -2.33. The van der Waals surface area contributed by atoms with E-state index in [4.69, 9.17) is 0 Å². The first-order valence-corrected chi connectivity index (χ1v) is 10.9. The number of hydrogen-bond donors (Lipinski definition) is 2. The van der Waals surface area contributed by atoms with Crippen molar-refractivity contribution in [3.8, 4) is 0 Å². The zero-order chi connectivity index (χ0) is 22.5. The highest BCUT2D eigenvalue weighted by Crippen LogP contribution is 2.27. The van der Waals surface area contributed by atoms with Crippen molar-refractivity contribution in [3.63, 3.8) is 0 Å². The number of amides is 3. The first-order valence-electron chi connectivity index (χ1n) is 10.9. The van der Waals surface area contributed by atoms with E-state index >= 15 is 0 Å². The Hall–Kier alpha value is -2.37. The van der Waals surface area contributed by atoms with Gasteiger partial charge >= 0.3 is 0 Å². The van der Waals surface area contributed by atoms with Gasteiger partial charge in [-0.05, 0) is 56.4 Å². The van der Waals surface area contributed by atoms with Gasteiger partial charge in [0.2, 0.25) is 11.8 Å². The smallest absolute Gasteiger partial charge is 0.251 e. The first-order chi connectivity index (χ1) is 13.9. The highest BCUT2D eigenvalue weighted by Gasteiger charge is 2.34. The van der Waals surface area contributed by atoms with Crippen molar-refractivity contribution in [2.24, 2.45) is 11.3 Å². The van der Waals surface area contributed by atoms with Crippen molar-refractivity contribution in [2.75, 3.05) is 18.4 Å². The van der Waals surface area contributed by atoms with E-state index in [1.807, 2.05) is 13.8 Å². The highest BCUT2D eigenvalue weighted by molar-refractivity contribution is 5.98. The summed E-state index contributed by atoms with van der Waals surface area (Å²) in [6.07, 6.45) is 3.10. The molecule has 166 valence electrons. The van der Waals surface area contributed by atoms with E-state index in [0.29, 0.717) is 24.3 Å². The molecule has 1 aliphatic rings. The molecule has 1 aliphatic heterocycles. The lowest BCUT2D eigenvalue weighted by molar-refractivity contribution is -0.128. The van der Waals surface area contributed by atoms with Crippen molar-refractivity contribution in [1.29, 1.82) is 0 Å². The van der Waals surface area contributed by atoms with Gasteiger partial charge < -0.3 is 15.5 Å². The summed E-state index contributed by atoms with van der Waals surface area (Å²) in [5.74, 6) is -0.551. The number of likely N-dealkylation sites (tertiary alicyclic amines) is 1. The SMILES string of the molecule is CCCCN1CC(C(=O)Nc2ccc(C(=O)NC(C)(C)CC(C)(C)C)cc2)CC1=O. The number of nitrogens with zero attached hydrogens (tertiary/aromatic N) is 1. The zero-order valence-corrected chi connectivity index (χ0v) is 19.3. The summed E-state index contributed by atoms with van der Waals surface area (Å²) >= 11 is 0. The average Bonchev–Trinajstić information content (AvgIpc) is 2.99. The van der Waals surface area contributed by atoms with Crippen molar-refractivity contribution in [1.82, 2.24) is 10.2 Å². The first kappa shape index (κ1) is 23.9. The third-order valence-electron chi connectivity index (χ3n) is 5.21. The molecule has 0 spiro atoms. The summed E-state index contributed by atoms with van der Waals surface area (Å²) < 4.78 is 0. The molecule has 1 atom stereocenters. The van der Waals surface area contributed by atoms with Gasteiger partial charge in [-0.1, -0.05) is 34.1 Å². The van der Waals surface area contributed by atoms with E-state index < -0.39 is 0 Å². The highest BCUT2D eigenvalue weighted by atomic mass is 16.2. The Morgan fingerprint density at radius 3 is 2.30 bits per heavy atom. The maximum atomic E-state index is 12.6. The monoisotopic (exact) mass is 415 g/mol. The minimum atomic E-state index is -0.324. The second-order valence-electron chi connectivity index (χ2n) is 10.2. The Morgan fingerprint density at radius 2 is 1.73 bits per heavy atom. The summed E-state index contributed by atoms with van der Waals surface area (Å²) in [6, 6.07) is 6.89. The maximum absolute atomic E-state index is 12.6. The summed E-state index contributed by atoms with van der Waals surface area (Å²) in [4.78, 5) is 39.0. The minimum Gasteiger partial charge on any atom is -0.347 e. The number of unbranched alkanes of at least 4 members (excludes halogenated alkanes) is 1. The molecule has 30 heavy (non-hydrogen) atoms. The topological polar surface area (TPSA) is 78.5 Å². The van der Waals surface area contributed by atoms with E-state index in [9.17, 15) is 14.4 Å². The Kier molecular flexibility index (Phi) is 7.67. The number of hydrogen-bond acceptors (Lipinski definition) is 3. The molecule has 0 aliphatic carbocycles. The molecule has 2 N–H and O–H groups in total. The van der Waals surface area contributed by atoms with Crippen LogP contribution in [0, 0.1) is 11.3 Å². The molecule has 1 saturated heterocycles. The van der Waals surface area contributed by atoms with Crippen molar-refractivity contribution >= 4 is 23.4 Å². The molecule has 0 radical (unpaired) electrons. The van der Waals surface area contributed by atoms with Crippen molar-refractivity contribution in [2.45, 2.75) is 72.8 Å². The maximum Gasteiger partial charge on any atom is 0.251 e. The van der Waals surface area contributed by atoms with Gasteiger partial charge in [-0.15, -0.1) is 0 Å². The van der Waals surface area contributed by atoms with Crippen LogP contribution < -0.4 is 10.6 Å². The molecule has 6 heteroatoms. The van der Waals surface area contributed by atoms with Gasteiger partial charge in [0, 0.05) is 36.3 Å². The molecule has 0 bridgehead atoms. The molecule has 3 amide bonds. The largest absolute Gasteiger partial charge is 0.347 e. The van der Waals surface area contributed by atoms with E-state index in [2.05, 4.69) is 38.3 Å². The summed E-state index contributed by atoms with van der Waals surface area (Å²) in [6.45, 7) is 13.8. The zero-order valence-electron chi connectivity index (χ0n) is 19.3. The van der Waals surface area contributed by atoms with Crippen LogP contribution in [0.5, 0.6) is 0 Å². The van der Waals surface area contributed by atoms with Crippen molar-refractivity contribution < 1.29 is 14.4 Å². The molecule has 6 nitrogen and oxygen atoms in total. The van der Waals surface area contributed by atoms with Gasteiger partial charge in [0.15, 0.2) is 0 Å². The van der Waals surface area contributed by atoms with E-state index in [-0.39, 0.29) is 41.0 Å². The van der Waals surface area contributed by atoms with Crippen LogP contribution in [-0.4, -0.2) is 41.2 Å². The van der Waals surface area contributed by atoms with E-state index in [0.717, 1.165) is 19.3 Å². The molecular formula is C24H37N3O3. The number of anilines is 1. The van der Waals surface area contributed by atoms with Crippen LogP contribution in [0.2, 0.25) is 0 Å². The Bertz CT molecular complexity index is 763. The fourth-order valence-electron chi connectivity index (χ4n) is 4.21. The number of rotatable bonds is 8. The van der Waals surface area contributed by atoms with Crippen LogP contribution in [0.4, 0.5) is 5.69 Å². The normalized spacial score (nSPS) is 17.2. The molecule has 1 aromatic carbocycles. The molecule has 1 fully saturated rings. The van der Waals surface area contributed by atoms with Crippen LogP contribution in [0.15, 0.2) is 24.3 Å². The van der Waals surface area contributed by atoms with Gasteiger partial charge in [-0.2, -0.15) is 0 Å². The number of benzene rings is 1. The van der Waals surface area contributed by atoms with Crippen molar-refractivity contribution in [3.05, 3.63) is 29.8 Å². The molecule has 1 heterocycles. The Balaban J connectivity index is 1.92. The third kappa shape index (κ3) is 7.15. The van der Waals surface area contributed by atoms with Crippen LogP contribution >= 0.6 is 0 Å². The summed E-state index contributed by atoms with van der Waals surface area (Å²) in [5, 5.41) is 5.97. The second-order valence-corrected chi connectivity index (χ2v) is 10.2. The van der Waals surface area contributed by atoms with Crippen LogP contribution in [0.25, 0.3) is 0 Å². The van der Waals surface area contributed by atoms with Gasteiger partial charge in [0.1, 0.15) is 0 Å². The molecule has 0 aromatic heterocycles. The lowest BCUT2D eigenvalue weighted by Crippen LogP contribution is -2.45. The fraction of sp³-hybridized carbons (Fsp3) is 0.625. The lowest BCUT2D eigenvalue weighted by atomic mass is 9.81. The Morgan fingerprint density at radius 1 is 1.10 bits per heavy atom. The third-order valence-corrected chi connectivity index (χ3v) is 5.21. The number of carbonyl (C=O) groups excluding carboxylic acids is 3. The van der Waals surface area contributed by atoms with Gasteiger partial charge in [-0.3, -0.25) is 14.4 Å². The van der Waals surface area contributed by atoms with Gasteiger partial charge in [-0.25, -0.2) is 0 Å². The Labute approximate surface area is 180 Å². The summed E-state index contributed by atoms with van der Waals surface area (Å²) in [7, 11) is 0. The predicted molar refractivity (Wildman–Crippen MR) is 120 cm³/mol. The minimum absolute atomic E-state index is 0.0495. The predicted octanol–water partition coefficient (Wildman–Crippen LogP) is 4.22. The molecule has 2 rings (SSSR count). The quantitative estimate of drug-likeness (QED) is 0.667. The molecule has 1 unspecified atom stereocenters. The molecule has 1 aromatic rings. The number of nitrogens with one attached hydrogen (secondary N) is 2. The summed E-state index contributed by atoms with van der Waals surface area (Å²) in [5.41, 5.74) is 0.973. The van der Waals surface area contributed by atoms with Gasteiger partial charge in [0.25, 0.3) is 5.91 Å². The standard InChI is InChI=1S/C24H37N3O3/c1-7-8-13-27-15-18(14-20(27)28)21(29)25-19-11-9-17(10-12-19)22(30)26-24(5,6)16-23(2,3)4/h9-12,18H,7-8,13-16H2,1-6H3,(H,25,29)(H,26,30). The van der Waals surface area contributed by atoms with Crippen LogP contribution in [0.1, 0.15) is 77.6 Å². The van der Waals surface area contributed by atoms with Crippen LogP contribution in [0.3, 0.4) is 0 Å². The average molecular weight is 416 g/mol. The fourth-order valence-corrected chi connectivity index (χ4v) is 4.21. The molecular weight excluding hydrogens is 378 g/mol. The van der Waals surface area contributed by atoms with Gasteiger partial charge in [0.05, 0.1) is 5.92 Å².